The van der Waals surface area contributed by atoms with Gasteiger partial charge < -0.3 is 74.0 Å². The van der Waals surface area contributed by atoms with Gasteiger partial charge in [-0.2, -0.15) is 0 Å². The lowest BCUT2D eigenvalue weighted by Gasteiger charge is -2.75. The van der Waals surface area contributed by atoms with Gasteiger partial charge in [0.1, 0.15) is 66.6 Å². The van der Waals surface area contributed by atoms with Gasteiger partial charge in [-0.3, -0.25) is 4.79 Å². The fourth-order valence-corrected chi connectivity index (χ4v) is 16.2. The van der Waals surface area contributed by atoms with Crippen molar-refractivity contribution in [3.63, 3.8) is 0 Å². The number of fused-ring (bicyclic) bond motifs is 7. The monoisotopic (exact) mass is 897 g/mol. The SMILES string of the molecule is C[C@@H]1O[C@@H](O[C@H]2[C@H](O[C@H]3[C@H](O[C@H]4CC[C@]5(C)[C@H]6CC[C@H]7[C@@H]8[C@@H](C)[C@]9(C)CC[C@@]8(CC[C@@]7(C)[C@]6(C)CC[C@H]5C4(C)C)C(=O)O9)O[C@H](CO)[C@@H](O)[C@@H]3O)OC[C@H](O)[C@@H]2O)[C@H](O)[C@H](O)[C@H]1O. The van der Waals surface area contributed by atoms with Crippen LogP contribution in [0.5, 0.6) is 0 Å². The molecular formula is C47H76O16. The Morgan fingerprint density at radius 2 is 1.32 bits per heavy atom. The minimum absolute atomic E-state index is 0.0153. The first kappa shape index (κ1) is 47.0. The Morgan fingerprint density at radius 1 is 0.635 bits per heavy atom. The molecule has 5 saturated heterocycles. The van der Waals surface area contributed by atoms with Crippen molar-refractivity contribution in [1.29, 1.82) is 0 Å². The molecule has 1 spiro atoms. The standard InChI is InChI=1S/C47H76O16/c1-21-29-23-9-10-27-43(5)13-12-28(42(3,4)26(43)11-14-45(27,7)44(23,6)15-17-47(29)18-16-46(21,8)63-41(47)56)60-40-37(34(54)32(52)25(19-48)59-40)62-39-36(31(51)24(49)20-57-39)61-38-35(55)33(53)30(50)22(2)58-38/h21-40,48-55H,9-20H2,1-8H3/t21-,22+,23+,24+,25-,26+,27-,28+,29+,30+,31+,32-,33-,34+,35-,36-,37-,38+,39+,40+,43+,44-,45-,46+,47-/m1/s1. The Hall–Kier alpha value is -1.09. The van der Waals surface area contributed by atoms with Crippen LogP contribution in [0.25, 0.3) is 0 Å². The van der Waals surface area contributed by atoms with E-state index < -0.39 is 116 Å². The zero-order chi connectivity index (χ0) is 45.6. The molecule has 2 bridgehead atoms. The first-order chi connectivity index (χ1) is 29.5. The quantitative estimate of drug-likeness (QED) is 0.134. The van der Waals surface area contributed by atoms with Crippen molar-refractivity contribution in [2.24, 2.45) is 56.7 Å². The summed E-state index contributed by atoms with van der Waals surface area (Å²) >= 11 is 0. The summed E-state index contributed by atoms with van der Waals surface area (Å²) in [5.74, 6) is 1.87. The molecule has 5 heterocycles. The third-order valence-electron chi connectivity index (χ3n) is 20.3. The third kappa shape index (κ3) is 6.75. The zero-order valence-corrected chi connectivity index (χ0v) is 38.4. The van der Waals surface area contributed by atoms with E-state index in [0.29, 0.717) is 30.1 Å². The van der Waals surface area contributed by atoms with Gasteiger partial charge in [0, 0.05) is 0 Å². The summed E-state index contributed by atoms with van der Waals surface area (Å²) in [7, 11) is 0. The normalized spacial score (nSPS) is 58.8. The molecule has 0 amide bonds. The number of carbonyl (C=O) groups excluding carboxylic acids is 1. The Labute approximate surface area is 371 Å². The molecule has 16 nitrogen and oxygen atoms in total. The van der Waals surface area contributed by atoms with Gasteiger partial charge in [-0.05, 0) is 129 Å². The largest absolute Gasteiger partial charge is 0.459 e. The van der Waals surface area contributed by atoms with Crippen molar-refractivity contribution in [3.8, 4) is 0 Å². The first-order valence-corrected chi connectivity index (χ1v) is 24.0. The number of aliphatic hydroxyl groups is 8. The molecular weight excluding hydrogens is 821 g/mol. The van der Waals surface area contributed by atoms with E-state index in [-0.39, 0.29) is 33.5 Å². The van der Waals surface area contributed by atoms with E-state index in [9.17, 15) is 45.6 Å². The number of hydrogen-bond donors (Lipinski definition) is 8. The van der Waals surface area contributed by atoms with Crippen LogP contribution in [0.3, 0.4) is 0 Å². The summed E-state index contributed by atoms with van der Waals surface area (Å²) in [6.07, 6.45) is -11.5. The predicted molar refractivity (Wildman–Crippen MR) is 221 cm³/mol. The number of carbonyl (C=O) groups is 1. The van der Waals surface area contributed by atoms with Gasteiger partial charge in [0.2, 0.25) is 0 Å². The molecule has 0 unspecified atom stereocenters. The van der Waals surface area contributed by atoms with Crippen LogP contribution in [0.1, 0.15) is 120 Å². The second-order valence-corrected chi connectivity index (χ2v) is 23.2. The van der Waals surface area contributed by atoms with Crippen molar-refractivity contribution < 1.29 is 78.8 Å². The average molecular weight is 897 g/mol. The predicted octanol–water partition coefficient (Wildman–Crippen LogP) is 1.90. The van der Waals surface area contributed by atoms with E-state index in [1.54, 1.807) is 0 Å². The molecule has 63 heavy (non-hydrogen) atoms. The van der Waals surface area contributed by atoms with Crippen LogP contribution in [0.15, 0.2) is 0 Å². The van der Waals surface area contributed by atoms with Gasteiger partial charge in [-0.1, -0.05) is 41.5 Å². The van der Waals surface area contributed by atoms with Crippen LogP contribution < -0.4 is 0 Å². The third-order valence-corrected chi connectivity index (χ3v) is 20.3. The van der Waals surface area contributed by atoms with E-state index in [0.717, 1.165) is 57.8 Å². The maximum Gasteiger partial charge on any atom is 0.312 e. The van der Waals surface area contributed by atoms with Crippen LogP contribution in [0.4, 0.5) is 0 Å². The van der Waals surface area contributed by atoms with Crippen molar-refractivity contribution in [2.75, 3.05) is 13.2 Å². The molecule has 25 atom stereocenters. The van der Waals surface area contributed by atoms with Gasteiger partial charge in [0.25, 0.3) is 0 Å². The fourth-order valence-electron chi connectivity index (χ4n) is 16.2. The summed E-state index contributed by atoms with van der Waals surface area (Å²) in [5.41, 5.74) is -1.03. The van der Waals surface area contributed by atoms with Gasteiger partial charge in [-0.15, -0.1) is 0 Å². The number of ether oxygens (including phenoxy) is 7. The Kier molecular flexibility index (Phi) is 11.9. The average Bonchev–Trinajstić information content (AvgIpc) is 3.23. The number of aliphatic hydroxyl groups excluding tert-OH is 8. The molecule has 0 aromatic heterocycles. The van der Waals surface area contributed by atoms with Crippen LogP contribution in [0.2, 0.25) is 0 Å². The molecule has 8 N–H and O–H groups in total. The Bertz CT molecular complexity index is 1720. The molecule has 10 rings (SSSR count). The molecule has 10 aliphatic rings. The van der Waals surface area contributed by atoms with Crippen molar-refractivity contribution >= 4 is 5.97 Å². The second kappa shape index (κ2) is 16.0. The molecule has 5 aliphatic heterocycles. The van der Waals surface area contributed by atoms with E-state index in [2.05, 4.69) is 48.5 Å². The molecule has 360 valence electrons. The van der Waals surface area contributed by atoms with E-state index in [4.69, 9.17) is 33.2 Å². The molecule has 0 aromatic rings. The highest BCUT2D eigenvalue weighted by Gasteiger charge is 2.75. The van der Waals surface area contributed by atoms with Crippen molar-refractivity contribution in [1.82, 2.24) is 0 Å². The maximum absolute atomic E-state index is 13.8. The zero-order valence-electron chi connectivity index (χ0n) is 38.4. The van der Waals surface area contributed by atoms with Gasteiger partial charge >= 0.3 is 5.97 Å². The summed E-state index contributed by atoms with van der Waals surface area (Å²) in [5, 5.41) is 86.1. The van der Waals surface area contributed by atoms with E-state index in [1.807, 2.05) is 0 Å². The van der Waals surface area contributed by atoms with Crippen molar-refractivity contribution in [3.05, 3.63) is 0 Å². The maximum atomic E-state index is 13.8. The minimum atomic E-state index is -1.74. The van der Waals surface area contributed by atoms with Crippen LogP contribution in [-0.2, 0) is 38.0 Å². The number of esters is 1. The molecule has 5 saturated carbocycles. The van der Waals surface area contributed by atoms with Gasteiger partial charge in [0.05, 0.1) is 30.8 Å². The summed E-state index contributed by atoms with van der Waals surface area (Å²) in [6, 6.07) is 0. The highest BCUT2D eigenvalue weighted by molar-refractivity contribution is 5.80. The summed E-state index contributed by atoms with van der Waals surface area (Å²) in [6.45, 7) is 17.1. The highest BCUT2D eigenvalue weighted by Crippen LogP contribution is 2.78. The van der Waals surface area contributed by atoms with Crippen LogP contribution in [0, 0.1) is 56.7 Å². The Morgan fingerprint density at radius 3 is 2.02 bits per heavy atom. The topological polar surface area (TPSA) is 244 Å². The smallest absolute Gasteiger partial charge is 0.312 e. The van der Waals surface area contributed by atoms with E-state index >= 15 is 0 Å². The molecule has 0 radical (unpaired) electrons. The van der Waals surface area contributed by atoms with Crippen LogP contribution >= 0.6 is 0 Å². The van der Waals surface area contributed by atoms with Gasteiger partial charge in [-0.25, -0.2) is 0 Å². The highest BCUT2D eigenvalue weighted by atomic mass is 16.8. The first-order valence-electron chi connectivity index (χ1n) is 24.0. The van der Waals surface area contributed by atoms with Crippen molar-refractivity contribution in [2.45, 2.75) is 217 Å². The fraction of sp³-hybridized carbons (Fsp3) is 0.979. The Balaban J connectivity index is 0.947. The molecule has 5 aliphatic carbocycles. The lowest BCUT2D eigenvalue weighted by molar-refractivity contribution is -0.389. The second-order valence-electron chi connectivity index (χ2n) is 23.2. The minimum Gasteiger partial charge on any atom is -0.459 e. The number of rotatable bonds is 7. The lowest BCUT2D eigenvalue weighted by Crippen LogP contribution is -2.72. The molecule has 16 heteroatoms. The number of hydrogen-bond acceptors (Lipinski definition) is 16. The molecule has 10 fully saturated rings. The van der Waals surface area contributed by atoms with Gasteiger partial charge in [0.15, 0.2) is 18.9 Å². The summed E-state index contributed by atoms with van der Waals surface area (Å²) in [4.78, 5) is 13.8. The molecule has 0 aromatic carbocycles. The van der Waals surface area contributed by atoms with E-state index in [1.165, 1.54) is 6.92 Å². The summed E-state index contributed by atoms with van der Waals surface area (Å²) < 4.78 is 43.0. The lowest BCUT2D eigenvalue weighted by atomic mass is 9.30. The van der Waals surface area contributed by atoms with Crippen LogP contribution in [-0.4, -0.2) is 158 Å².